The molecule has 3 aromatic rings. The maximum atomic E-state index is 4.80. The molecular weight excluding hydrogens is 296 g/mol. The molecule has 2 aromatic heterocycles. The molecule has 0 N–H and O–H groups in total. The van der Waals surface area contributed by atoms with Gasteiger partial charge in [-0.3, -0.25) is 9.88 Å². The highest BCUT2D eigenvalue weighted by Crippen LogP contribution is 2.21. The topological polar surface area (TPSA) is 41.9 Å². The summed E-state index contributed by atoms with van der Waals surface area (Å²) >= 11 is 0. The molecule has 4 nitrogen and oxygen atoms in total. The lowest BCUT2D eigenvalue weighted by Crippen LogP contribution is -2.31. The van der Waals surface area contributed by atoms with Gasteiger partial charge >= 0.3 is 0 Å². The van der Waals surface area contributed by atoms with E-state index in [1.54, 1.807) is 6.20 Å². The molecule has 3 heterocycles. The molecule has 0 aliphatic carbocycles. The Kier molecular flexibility index (Phi) is 4.05. The van der Waals surface area contributed by atoms with Crippen LogP contribution in [0.15, 0.2) is 55.0 Å². The fourth-order valence-corrected chi connectivity index (χ4v) is 3.08. The van der Waals surface area contributed by atoms with E-state index in [0.29, 0.717) is 0 Å². The van der Waals surface area contributed by atoms with Gasteiger partial charge in [0.25, 0.3) is 0 Å². The van der Waals surface area contributed by atoms with Crippen molar-refractivity contribution in [3.8, 4) is 11.4 Å². The molecule has 120 valence electrons. The smallest absolute Gasteiger partial charge is 0.160 e. The van der Waals surface area contributed by atoms with Gasteiger partial charge in [-0.25, -0.2) is 9.97 Å². The lowest BCUT2D eigenvalue weighted by atomic mass is 10.1. The van der Waals surface area contributed by atoms with Gasteiger partial charge in [0.2, 0.25) is 0 Å². The van der Waals surface area contributed by atoms with Crippen LogP contribution in [0, 0.1) is 6.92 Å². The third-order valence-electron chi connectivity index (χ3n) is 4.47. The van der Waals surface area contributed by atoms with E-state index in [4.69, 9.17) is 4.98 Å². The first-order valence-electron chi connectivity index (χ1n) is 8.31. The van der Waals surface area contributed by atoms with Gasteiger partial charge in [0.15, 0.2) is 5.82 Å². The van der Waals surface area contributed by atoms with E-state index in [-0.39, 0.29) is 0 Å². The highest BCUT2D eigenvalue weighted by atomic mass is 15.1. The largest absolute Gasteiger partial charge is 0.293 e. The quantitative estimate of drug-likeness (QED) is 0.742. The first kappa shape index (κ1) is 15.0. The van der Waals surface area contributed by atoms with Crippen molar-refractivity contribution in [1.29, 1.82) is 0 Å². The standard InChI is InChI=1S/C20H20N4/c1-15-4-6-16(7-5-15)13-24-10-8-17-12-22-20(23-19(17)14-24)18-3-2-9-21-11-18/h2-7,9,11-12H,8,10,13-14H2,1H3. The number of pyridine rings is 1. The molecule has 0 spiro atoms. The van der Waals surface area contributed by atoms with Gasteiger partial charge in [-0.15, -0.1) is 0 Å². The minimum absolute atomic E-state index is 0.763. The SMILES string of the molecule is Cc1ccc(CN2CCc3cnc(-c4cccnc4)nc3C2)cc1. The zero-order valence-corrected chi connectivity index (χ0v) is 13.8. The Bertz CT molecular complexity index is 828. The molecule has 1 aliphatic rings. The Morgan fingerprint density at radius 1 is 1.08 bits per heavy atom. The number of aromatic nitrogens is 3. The van der Waals surface area contributed by atoms with Crippen molar-refractivity contribution in [1.82, 2.24) is 19.9 Å². The number of aryl methyl sites for hydroxylation is 1. The average Bonchev–Trinajstić information content (AvgIpc) is 2.64. The van der Waals surface area contributed by atoms with Gasteiger partial charge in [-0.1, -0.05) is 29.8 Å². The molecular formula is C20H20N4. The number of fused-ring (bicyclic) bond motifs is 1. The van der Waals surface area contributed by atoms with Gasteiger partial charge in [0.1, 0.15) is 0 Å². The Balaban J connectivity index is 1.54. The highest BCUT2D eigenvalue weighted by molar-refractivity contribution is 5.53. The molecule has 0 atom stereocenters. The summed E-state index contributed by atoms with van der Waals surface area (Å²) < 4.78 is 0. The second kappa shape index (κ2) is 6.49. The van der Waals surface area contributed by atoms with Crippen molar-refractivity contribution in [3.63, 3.8) is 0 Å². The van der Waals surface area contributed by atoms with E-state index >= 15 is 0 Å². The van der Waals surface area contributed by atoms with E-state index in [1.807, 2.05) is 24.5 Å². The summed E-state index contributed by atoms with van der Waals surface area (Å²) in [4.78, 5) is 15.9. The van der Waals surface area contributed by atoms with Crippen molar-refractivity contribution in [2.45, 2.75) is 26.4 Å². The van der Waals surface area contributed by atoms with Gasteiger partial charge in [-0.2, -0.15) is 0 Å². The van der Waals surface area contributed by atoms with Crippen LogP contribution in [0.1, 0.15) is 22.4 Å². The van der Waals surface area contributed by atoms with Crippen LogP contribution in [0.5, 0.6) is 0 Å². The maximum absolute atomic E-state index is 4.80. The van der Waals surface area contributed by atoms with E-state index in [9.17, 15) is 0 Å². The molecule has 1 aliphatic heterocycles. The van der Waals surface area contributed by atoms with Crippen LogP contribution in [0.4, 0.5) is 0 Å². The highest BCUT2D eigenvalue weighted by Gasteiger charge is 2.19. The molecule has 24 heavy (non-hydrogen) atoms. The Hall–Kier alpha value is -2.59. The summed E-state index contributed by atoms with van der Waals surface area (Å²) in [5.74, 6) is 0.763. The fraction of sp³-hybridized carbons (Fsp3) is 0.250. The molecule has 1 aromatic carbocycles. The second-order valence-corrected chi connectivity index (χ2v) is 6.35. The van der Waals surface area contributed by atoms with E-state index in [1.165, 1.54) is 16.7 Å². The first-order chi connectivity index (χ1) is 11.8. The van der Waals surface area contributed by atoms with E-state index in [0.717, 1.165) is 43.1 Å². The zero-order valence-electron chi connectivity index (χ0n) is 13.8. The molecule has 0 bridgehead atoms. The predicted molar refractivity (Wildman–Crippen MR) is 94.3 cm³/mol. The third kappa shape index (κ3) is 3.19. The Morgan fingerprint density at radius 2 is 1.96 bits per heavy atom. The van der Waals surface area contributed by atoms with Gasteiger partial charge < -0.3 is 0 Å². The van der Waals surface area contributed by atoms with E-state index in [2.05, 4.69) is 46.1 Å². The minimum Gasteiger partial charge on any atom is -0.293 e. The lowest BCUT2D eigenvalue weighted by molar-refractivity contribution is 0.241. The molecule has 4 heteroatoms. The van der Waals surface area contributed by atoms with Crippen molar-refractivity contribution < 1.29 is 0 Å². The van der Waals surface area contributed by atoms with Gasteiger partial charge in [-0.05, 0) is 36.6 Å². The molecule has 0 saturated heterocycles. The lowest BCUT2D eigenvalue weighted by Gasteiger charge is -2.28. The number of hydrogen-bond donors (Lipinski definition) is 0. The van der Waals surface area contributed by atoms with Crippen molar-refractivity contribution in [3.05, 3.63) is 77.4 Å². The summed E-state index contributed by atoms with van der Waals surface area (Å²) in [7, 11) is 0. The summed E-state index contributed by atoms with van der Waals surface area (Å²) in [5.41, 5.74) is 6.03. The molecule has 0 fully saturated rings. The molecule has 0 amide bonds. The van der Waals surface area contributed by atoms with Crippen LogP contribution in [-0.2, 0) is 19.5 Å². The summed E-state index contributed by atoms with van der Waals surface area (Å²) in [6, 6.07) is 12.7. The van der Waals surface area contributed by atoms with Crippen LogP contribution in [0.25, 0.3) is 11.4 Å². The third-order valence-corrected chi connectivity index (χ3v) is 4.47. The fourth-order valence-electron chi connectivity index (χ4n) is 3.08. The maximum Gasteiger partial charge on any atom is 0.160 e. The number of benzene rings is 1. The number of rotatable bonds is 3. The molecule has 0 unspecified atom stereocenters. The van der Waals surface area contributed by atoms with Crippen LogP contribution < -0.4 is 0 Å². The van der Waals surface area contributed by atoms with Crippen molar-refractivity contribution >= 4 is 0 Å². The Labute approximate surface area is 142 Å². The second-order valence-electron chi connectivity index (χ2n) is 6.35. The van der Waals surface area contributed by atoms with Crippen molar-refractivity contribution in [2.24, 2.45) is 0 Å². The Morgan fingerprint density at radius 3 is 2.75 bits per heavy atom. The van der Waals surface area contributed by atoms with Crippen LogP contribution in [0.3, 0.4) is 0 Å². The monoisotopic (exact) mass is 316 g/mol. The summed E-state index contributed by atoms with van der Waals surface area (Å²) in [5, 5.41) is 0. The van der Waals surface area contributed by atoms with Crippen LogP contribution in [-0.4, -0.2) is 26.4 Å². The summed E-state index contributed by atoms with van der Waals surface area (Å²) in [6.45, 7) is 5.01. The zero-order chi connectivity index (χ0) is 16.4. The average molecular weight is 316 g/mol. The van der Waals surface area contributed by atoms with Crippen LogP contribution >= 0.6 is 0 Å². The molecule has 4 rings (SSSR count). The van der Waals surface area contributed by atoms with Gasteiger partial charge in [0, 0.05) is 43.8 Å². The van der Waals surface area contributed by atoms with Crippen LogP contribution in [0.2, 0.25) is 0 Å². The molecule has 0 radical (unpaired) electrons. The minimum atomic E-state index is 0.763. The van der Waals surface area contributed by atoms with Crippen molar-refractivity contribution in [2.75, 3.05) is 6.54 Å². The summed E-state index contributed by atoms with van der Waals surface area (Å²) in [6.07, 6.45) is 6.57. The van der Waals surface area contributed by atoms with E-state index < -0.39 is 0 Å². The number of hydrogen-bond acceptors (Lipinski definition) is 4. The molecule has 0 saturated carbocycles. The number of nitrogens with zero attached hydrogens (tertiary/aromatic N) is 4. The first-order valence-corrected chi connectivity index (χ1v) is 8.31. The van der Waals surface area contributed by atoms with Gasteiger partial charge in [0.05, 0.1) is 5.69 Å². The normalized spacial score (nSPS) is 14.4. The predicted octanol–water partition coefficient (Wildman–Crippen LogP) is 3.41.